The Hall–Kier alpha value is -0.720. The second-order valence-corrected chi connectivity index (χ2v) is 5.78. The molecule has 0 saturated carbocycles. The van der Waals surface area contributed by atoms with Crippen LogP contribution in [0.1, 0.15) is 17.8 Å². The summed E-state index contributed by atoms with van der Waals surface area (Å²) >= 11 is 7.14. The van der Waals surface area contributed by atoms with Gasteiger partial charge in [0.1, 0.15) is 5.01 Å². The minimum absolute atomic E-state index is 0.0946. The van der Waals surface area contributed by atoms with Crippen LogP contribution in [0.4, 0.5) is 0 Å². The lowest BCUT2D eigenvalue weighted by atomic mass is 9.97. The number of piperidine rings is 1. The molecule has 1 aliphatic rings. The molecule has 1 saturated heterocycles. The van der Waals surface area contributed by atoms with Gasteiger partial charge in [-0.25, -0.2) is 0 Å². The summed E-state index contributed by atoms with van der Waals surface area (Å²) in [6.45, 7) is 2.53. The van der Waals surface area contributed by atoms with Crippen LogP contribution in [0.5, 0.6) is 0 Å². The number of aromatic nitrogens is 2. The van der Waals surface area contributed by atoms with Crippen molar-refractivity contribution in [1.29, 1.82) is 0 Å². The average Bonchev–Trinajstić information content (AvgIpc) is 2.74. The fraction of sp³-hybridized carbons (Fsp3) is 0.700. The Bertz CT molecular complexity index is 397. The highest BCUT2D eigenvalue weighted by Gasteiger charge is 2.25. The topological polar surface area (TPSA) is 58.1 Å². The predicted molar refractivity (Wildman–Crippen MR) is 67.0 cm³/mol. The first-order valence-electron chi connectivity index (χ1n) is 5.61. The smallest absolute Gasteiger partial charge is 0.224 e. The van der Waals surface area contributed by atoms with Crippen molar-refractivity contribution in [2.75, 3.05) is 20.1 Å². The standard InChI is InChI=1S/C10H15ClN4OS/c1-12-9(16)7-3-2-4-15(5-7)6-8-13-14-10(11)17-8/h7H,2-6H2,1H3,(H,12,16). The van der Waals surface area contributed by atoms with Crippen molar-refractivity contribution < 1.29 is 4.79 Å². The number of amides is 1. The van der Waals surface area contributed by atoms with E-state index in [4.69, 9.17) is 11.6 Å². The van der Waals surface area contributed by atoms with E-state index in [1.165, 1.54) is 11.3 Å². The van der Waals surface area contributed by atoms with Crippen LogP contribution in [-0.4, -0.2) is 41.1 Å². The third kappa shape index (κ3) is 3.37. The first kappa shape index (κ1) is 12.7. The first-order chi connectivity index (χ1) is 8.19. The summed E-state index contributed by atoms with van der Waals surface area (Å²) in [5.41, 5.74) is 0. The van der Waals surface area contributed by atoms with E-state index in [0.29, 0.717) is 4.47 Å². The van der Waals surface area contributed by atoms with Crippen molar-refractivity contribution in [2.24, 2.45) is 5.92 Å². The molecule has 0 spiro atoms. The van der Waals surface area contributed by atoms with Gasteiger partial charge in [0.15, 0.2) is 0 Å². The van der Waals surface area contributed by atoms with Gasteiger partial charge >= 0.3 is 0 Å². The van der Waals surface area contributed by atoms with Gasteiger partial charge in [0.05, 0.1) is 12.5 Å². The highest BCUT2D eigenvalue weighted by molar-refractivity contribution is 7.15. The van der Waals surface area contributed by atoms with Gasteiger partial charge in [-0.3, -0.25) is 9.69 Å². The van der Waals surface area contributed by atoms with Crippen molar-refractivity contribution in [3.8, 4) is 0 Å². The summed E-state index contributed by atoms with van der Waals surface area (Å²) in [4.78, 5) is 13.8. The molecule has 1 fully saturated rings. The van der Waals surface area contributed by atoms with Gasteiger partial charge in [0, 0.05) is 13.6 Å². The Morgan fingerprint density at radius 3 is 3.12 bits per heavy atom. The minimum Gasteiger partial charge on any atom is -0.359 e. The van der Waals surface area contributed by atoms with Crippen molar-refractivity contribution in [2.45, 2.75) is 19.4 Å². The molecule has 1 unspecified atom stereocenters. The number of likely N-dealkylation sites (tertiary alicyclic amines) is 1. The number of hydrogen-bond donors (Lipinski definition) is 1. The summed E-state index contributed by atoms with van der Waals surface area (Å²) in [6.07, 6.45) is 2.01. The third-order valence-corrected chi connectivity index (χ3v) is 3.93. The molecule has 0 bridgehead atoms. The molecule has 1 aliphatic heterocycles. The summed E-state index contributed by atoms with van der Waals surface area (Å²) in [7, 11) is 1.69. The normalized spacial score (nSPS) is 21.4. The van der Waals surface area contributed by atoms with Crippen LogP contribution in [0.15, 0.2) is 0 Å². The molecule has 1 N–H and O–H groups in total. The Labute approximate surface area is 109 Å². The van der Waals surface area contributed by atoms with Gasteiger partial charge in [-0.15, -0.1) is 10.2 Å². The van der Waals surface area contributed by atoms with Crippen LogP contribution in [0.3, 0.4) is 0 Å². The maximum absolute atomic E-state index is 11.6. The van der Waals surface area contributed by atoms with E-state index in [1.807, 2.05) is 0 Å². The number of carbonyl (C=O) groups is 1. The van der Waals surface area contributed by atoms with Gasteiger partial charge in [-0.05, 0) is 31.0 Å². The lowest BCUT2D eigenvalue weighted by Crippen LogP contribution is -2.41. The van der Waals surface area contributed by atoms with Crippen LogP contribution >= 0.6 is 22.9 Å². The van der Waals surface area contributed by atoms with E-state index >= 15 is 0 Å². The van der Waals surface area contributed by atoms with Crippen LogP contribution in [0, 0.1) is 5.92 Å². The Morgan fingerprint density at radius 2 is 2.47 bits per heavy atom. The summed E-state index contributed by atoms with van der Waals surface area (Å²) < 4.78 is 0.472. The lowest BCUT2D eigenvalue weighted by molar-refractivity contribution is -0.126. The van der Waals surface area contributed by atoms with Crippen LogP contribution in [0.25, 0.3) is 0 Å². The maximum Gasteiger partial charge on any atom is 0.224 e. The van der Waals surface area contributed by atoms with E-state index in [9.17, 15) is 4.79 Å². The maximum atomic E-state index is 11.6. The van der Waals surface area contributed by atoms with Gasteiger partial charge in [0.25, 0.3) is 0 Å². The number of nitrogens with one attached hydrogen (secondary N) is 1. The zero-order chi connectivity index (χ0) is 12.3. The number of nitrogens with zero attached hydrogens (tertiary/aromatic N) is 3. The van der Waals surface area contributed by atoms with Crippen LogP contribution < -0.4 is 5.32 Å². The lowest BCUT2D eigenvalue weighted by Gasteiger charge is -2.30. The molecule has 0 aromatic carbocycles. The zero-order valence-electron chi connectivity index (χ0n) is 9.65. The molecule has 2 rings (SSSR count). The largest absolute Gasteiger partial charge is 0.359 e. The number of carbonyl (C=O) groups excluding carboxylic acids is 1. The molecule has 1 aromatic rings. The second-order valence-electron chi connectivity index (χ2n) is 4.14. The highest BCUT2D eigenvalue weighted by Crippen LogP contribution is 2.21. The number of rotatable bonds is 3. The fourth-order valence-electron chi connectivity index (χ4n) is 2.11. The summed E-state index contributed by atoms with van der Waals surface area (Å²) in [5.74, 6) is 0.224. The molecule has 1 atom stereocenters. The molecule has 2 heterocycles. The average molecular weight is 275 g/mol. The molecule has 94 valence electrons. The molecule has 1 aromatic heterocycles. The molecular formula is C10H15ClN4OS. The zero-order valence-corrected chi connectivity index (χ0v) is 11.2. The SMILES string of the molecule is CNC(=O)C1CCCN(Cc2nnc(Cl)s2)C1. The Kier molecular flexibility index (Phi) is 4.31. The number of halogens is 1. The monoisotopic (exact) mass is 274 g/mol. The minimum atomic E-state index is 0.0946. The van der Waals surface area contributed by atoms with Crippen LogP contribution in [-0.2, 0) is 11.3 Å². The van der Waals surface area contributed by atoms with Crippen LogP contribution in [0.2, 0.25) is 4.47 Å². The summed E-state index contributed by atoms with van der Waals surface area (Å²) in [5, 5.41) is 11.4. The van der Waals surface area contributed by atoms with Crippen molar-refractivity contribution >= 4 is 28.8 Å². The highest BCUT2D eigenvalue weighted by atomic mass is 35.5. The molecular weight excluding hydrogens is 260 g/mol. The third-order valence-electron chi connectivity index (χ3n) is 2.92. The summed E-state index contributed by atoms with van der Waals surface area (Å²) in [6, 6.07) is 0. The van der Waals surface area contributed by atoms with Gasteiger partial charge in [-0.2, -0.15) is 0 Å². The van der Waals surface area contributed by atoms with Gasteiger partial charge in [0.2, 0.25) is 10.4 Å². The predicted octanol–water partition coefficient (Wildman–Crippen LogP) is 1.15. The number of hydrogen-bond acceptors (Lipinski definition) is 5. The molecule has 7 heteroatoms. The molecule has 0 aliphatic carbocycles. The molecule has 0 radical (unpaired) electrons. The second kappa shape index (κ2) is 5.75. The van der Waals surface area contributed by atoms with E-state index in [2.05, 4.69) is 20.4 Å². The van der Waals surface area contributed by atoms with E-state index in [0.717, 1.165) is 37.5 Å². The quantitative estimate of drug-likeness (QED) is 0.898. The van der Waals surface area contributed by atoms with Crippen molar-refractivity contribution in [1.82, 2.24) is 20.4 Å². The Morgan fingerprint density at radius 1 is 1.65 bits per heavy atom. The van der Waals surface area contributed by atoms with Gasteiger partial charge < -0.3 is 5.32 Å². The fourth-order valence-corrected chi connectivity index (χ4v) is 3.02. The van der Waals surface area contributed by atoms with Crippen molar-refractivity contribution in [3.63, 3.8) is 0 Å². The molecule has 5 nitrogen and oxygen atoms in total. The van der Waals surface area contributed by atoms with E-state index < -0.39 is 0 Å². The van der Waals surface area contributed by atoms with Crippen molar-refractivity contribution in [3.05, 3.63) is 9.47 Å². The molecule has 17 heavy (non-hydrogen) atoms. The molecule has 1 amide bonds. The Balaban J connectivity index is 1.91. The first-order valence-corrected chi connectivity index (χ1v) is 6.80. The van der Waals surface area contributed by atoms with Gasteiger partial charge in [-0.1, -0.05) is 11.3 Å². The van der Waals surface area contributed by atoms with E-state index in [1.54, 1.807) is 7.05 Å². The van der Waals surface area contributed by atoms with E-state index in [-0.39, 0.29) is 11.8 Å².